The summed E-state index contributed by atoms with van der Waals surface area (Å²) in [7, 11) is 0. The minimum Gasteiger partial charge on any atom is -0.451 e. The standard InChI is InChI=1S/C19H18ClN3O2S/c20-15-8-9-16-14(11-15)12-17(25-16)18(24)22-23-19(26)21-10-4-7-13-5-2-1-3-6-13/h1-3,5-6,8-9,11-12H,4,7,10H2,(H,22,24)(H2,21,23,26). The van der Waals surface area contributed by atoms with E-state index >= 15 is 0 Å². The molecule has 134 valence electrons. The first-order chi connectivity index (χ1) is 12.6. The summed E-state index contributed by atoms with van der Waals surface area (Å²) in [5.41, 5.74) is 7.07. The highest BCUT2D eigenvalue weighted by Gasteiger charge is 2.12. The Kier molecular flexibility index (Phi) is 6.09. The predicted molar refractivity (Wildman–Crippen MR) is 107 cm³/mol. The molecule has 0 atom stereocenters. The number of halogens is 1. The molecule has 3 rings (SSSR count). The molecule has 7 heteroatoms. The van der Waals surface area contributed by atoms with Crippen molar-refractivity contribution in [2.24, 2.45) is 0 Å². The SMILES string of the molecule is O=C(NNC(=S)NCCCc1ccccc1)c1cc2cc(Cl)ccc2o1. The molecule has 0 saturated carbocycles. The van der Waals surface area contributed by atoms with Gasteiger partial charge in [0.15, 0.2) is 10.9 Å². The Bertz CT molecular complexity index is 912. The van der Waals surface area contributed by atoms with E-state index in [1.54, 1.807) is 24.3 Å². The number of hydrazine groups is 1. The number of carbonyl (C=O) groups is 1. The van der Waals surface area contributed by atoms with Gasteiger partial charge in [0.05, 0.1) is 0 Å². The van der Waals surface area contributed by atoms with Crippen LogP contribution in [0.2, 0.25) is 5.02 Å². The molecule has 0 saturated heterocycles. The number of rotatable bonds is 5. The van der Waals surface area contributed by atoms with Gasteiger partial charge in [-0.1, -0.05) is 41.9 Å². The number of hydrogen-bond acceptors (Lipinski definition) is 3. The average Bonchev–Trinajstić information content (AvgIpc) is 3.07. The fraction of sp³-hybridized carbons (Fsp3) is 0.158. The van der Waals surface area contributed by atoms with E-state index in [2.05, 4.69) is 28.3 Å². The average molecular weight is 388 g/mol. The predicted octanol–water partition coefficient (Wildman–Crippen LogP) is 3.83. The lowest BCUT2D eigenvalue weighted by Crippen LogP contribution is -2.46. The van der Waals surface area contributed by atoms with Crippen LogP contribution in [-0.2, 0) is 6.42 Å². The smallest absolute Gasteiger partial charge is 0.305 e. The van der Waals surface area contributed by atoms with E-state index in [1.165, 1.54) is 5.56 Å². The first-order valence-corrected chi connectivity index (χ1v) is 8.97. The maximum atomic E-state index is 12.1. The third-order valence-corrected chi connectivity index (χ3v) is 4.24. The summed E-state index contributed by atoms with van der Waals surface area (Å²) in [6, 6.07) is 17.0. The molecule has 1 aromatic heterocycles. The molecule has 0 unspecified atom stereocenters. The molecular formula is C19H18ClN3O2S. The molecule has 0 bridgehead atoms. The van der Waals surface area contributed by atoms with Gasteiger partial charge < -0.3 is 9.73 Å². The van der Waals surface area contributed by atoms with Gasteiger partial charge in [-0.25, -0.2) is 0 Å². The summed E-state index contributed by atoms with van der Waals surface area (Å²) in [6.45, 7) is 0.708. The van der Waals surface area contributed by atoms with E-state index < -0.39 is 5.91 Å². The van der Waals surface area contributed by atoms with Crippen molar-refractivity contribution in [3.05, 3.63) is 70.9 Å². The summed E-state index contributed by atoms with van der Waals surface area (Å²) >= 11 is 11.1. The van der Waals surface area contributed by atoms with Gasteiger partial charge in [0.2, 0.25) is 0 Å². The molecule has 5 nitrogen and oxygen atoms in total. The third-order valence-electron chi connectivity index (χ3n) is 3.76. The Morgan fingerprint density at radius 3 is 2.69 bits per heavy atom. The largest absolute Gasteiger partial charge is 0.451 e. The van der Waals surface area contributed by atoms with E-state index in [0.717, 1.165) is 18.2 Å². The van der Waals surface area contributed by atoms with Gasteiger partial charge >= 0.3 is 5.91 Å². The first-order valence-electron chi connectivity index (χ1n) is 8.19. The van der Waals surface area contributed by atoms with Crippen molar-refractivity contribution in [2.75, 3.05) is 6.54 Å². The van der Waals surface area contributed by atoms with Crippen molar-refractivity contribution in [3.63, 3.8) is 0 Å². The van der Waals surface area contributed by atoms with Gasteiger partial charge in [0, 0.05) is 17.0 Å². The Morgan fingerprint density at radius 2 is 1.88 bits per heavy atom. The van der Waals surface area contributed by atoms with Crippen LogP contribution in [0.1, 0.15) is 22.5 Å². The van der Waals surface area contributed by atoms with Gasteiger partial charge in [-0.2, -0.15) is 0 Å². The third kappa shape index (κ3) is 4.97. The fourth-order valence-electron chi connectivity index (χ4n) is 2.48. The molecule has 1 heterocycles. The monoisotopic (exact) mass is 387 g/mol. The van der Waals surface area contributed by atoms with Crippen LogP contribution in [0.3, 0.4) is 0 Å². The molecule has 1 amide bonds. The summed E-state index contributed by atoms with van der Waals surface area (Å²) in [5, 5.41) is 4.76. The van der Waals surface area contributed by atoms with Crippen molar-refractivity contribution in [2.45, 2.75) is 12.8 Å². The normalized spacial score (nSPS) is 10.5. The van der Waals surface area contributed by atoms with E-state index in [9.17, 15) is 4.79 Å². The van der Waals surface area contributed by atoms with Crippen LogP contribution < -0.4 is 16.2 Å². The molecule has 0 aliphatic carbocycles. The van der Waals surface area contributed by atoms with Crippen LogP contribution in [0.15, 0.2) is 59.0 Å². The first kappa shape index (κ1) is 18.2. The highest BCUT2D eigenvalue weighted by molar-refractivity contribution is 7.80. The minimum atomic E-state index is -0.411. The molecule has 0 radical (unpaired) electrons. The van der Waals surface area contributed by atoms with Crippen LogP contribution in [0, 0.1) is 0 Å². The number of carbonyl (C=O) groups excluding carboxylic acids is 1. The zero-order chi connectivity index (χ0) is 18.4. The number of furan rings is 1. The van der Waals surface area contributed by atoms with Crippen LogP contribution in [0.4, 0.5) is 0 Å². The summed E-state index contributed by atoms with van der Waals surface area (Å²) < 4.78 is 5.49. The number of fused-ring (bicyclic) bond motifs is 1. The van der Waals surface area contributed by atoms with Crippen molar-refractivity contribution in [1.82, 2.24) is 16.2 Å². The Hall–Kier alpha value is -2.57. The number of benzene rings is 2. The van der Waals surface area contributed by atoms with E-state index in [0.29, 0.717) is 22.3 Å². The molecule has 0 aliphatic rings. The summed E-state index contributed by atoms with van der Waals surface area (Å²) in [5.74, 6) is -0.229. The molecule has 26 heavy (non-hydrogen) atoms. The Morgan fingerprint density at radius 1 is 1.08 bits per heavy atom. The topological polar surface area (TPSA) is 66.3 Å². The number of nitrogens with one attached hydrogen (secondary N) is 3. The van der Waals surface area contributed by atoms with Gasteiger partial charge in [-0.3, -0.25) is 15.6 Å². The van der Waals surface area contributed by atoms with E-state index in [1.807, 2.05) is 18.2 Å². The molecule has 3 N–H and O–H groups in total. The second-order valence-corrected chi connectivity index (χ2v) is 6.56. The molecule has 0 fully saturated rings. The molecular weight excluding hydrogens is 370 g/mol. The zero-order valence-electron chi connectivity index (χ0n) is 13.9. The fourth-order valence-corrected chi connectivity index (χ4v) is 2.82. The number of thiocarbonyl (C=S) groups is 1. The maximum absolute atomic E-state index is 12.1. The van der Waals surface area contributed by atoms with Crippen molar-refractivity contribution >= 4 is 45.8 Å². The van der Waals surface area contributed by atoms with Gasteiger partial charge in [0.1, 0.15) is 5.58 Å². The van der Waals surface area contributed by atoms with Crippen LogP contribution in [0.5, 0.6) is 0 Å². The Labute approximate surface area is 161 Å². The lowest BCUT2D eigenvalue weighted by Gasteiger charge is -2.10. The van der Waals surface area contributed by atoms with E-state index in [4.69, 9.17) is 28.2 Å². The molecule has 0 aliphatic heterocycles. The van der Waals surface area contributed by atoms with Gasteiger partial charge in [-0.15, -0.1) is 0 Å². The summed E-state index contributed by atoms with van der Waals surface area (Å²) in [6.07, 6.45) is 1.90. The van der Waals surface area contributed by atoms with Crippen LogP contribution >= 0.6 is 23.8 Å². The lowest BCUT2D eigenvalue weighted by molar-refractivity contribution is 0.0918. The minimum absolute atomic E-state index is 0.182. The second-order valence-electron chi connectivity index (χ2n) is 5.72. The van der Waals surface area contributed by atoms with Crippen molar-refractivity contribution in [3.8, 4) is 0 Å². The summed E-state index contributed by atoms with van der Waals surface area (Å²) in [4.78, 5) is 12.1. The molecule has 2 aromatic carbocycles. The zero-order valence-corrected chi connectivity index (χ0v) is 15.5. The highest BCUT2D eigenvalue weighted by Crippen LogP contribution is 2.22. The molecule has 0 spiro atoms. The highest BCUT2D eigenvalue weighted by atomic mass is 35.5. The molecule has 3 aromatic rings. The number of amides is 1. The maximum Gasteiger partial charge on any atom is 0.305 e. The lowest BCUT2D eigenvalue weighted by atomic mass is 10.1. The quantitative estimate of drug-likeness (QED) is 0.353. The van der Waals surface area contributed by atoms with Crippen LogP contribution in [0.25, 0.3) is 11.0 Å². The second kappa shape index (κ2) is 8.69. The van der Waals surface area contributed by atoms with Gasteiger partial charge in [0.25, 0.3) is 0 Å². The van der Waals surface area contributed by atoms with Crippen molar-refractivity contribution < 1.29 is 9.21 Å². The van der Waals surface area contributed by atoms with Crippen molar-refractivity contribution in [1.29, 1.82) is 0 Å². The Balaban J connectivity index is 1.41. The number of hydrogen-bond donors (Lipinski definition) is 3. The van der Waals surface area contributed by atoms with Gasteiger partial charge in [-0.05, 0) is 54.9 Å². The van der Waals surface area contributed by atoms with E-state index in [-0.39, 0.29) is 5.76 Å². The number of aryl methyl sites for hydroxylation is 1. The van der Waals surface area contributed by atoms with Crippen LogP contribution in [-0.4, -0.2) is 17.6 Å².